The Hall–Kier alpha value is -2.17. The zero-order valence-corrected chi connectivity index (χ0v) is 13.1. The van der Waals surface area contributed by atoms with Crippen LogP contribution in [-0.4, -0.2) is 15.1 Å². The van der Waals surface area contributed by atoms with Gasteiger partial charge >= 0.3 is 0 Å². The Morgan fingerprint density at radius 2 is 1.68 bits per heavy atom. The normalized spacial score (nSPS) is 18.2. The van der Waals surface area contributed by atoms with Crippen molar-refractivity contribution in [3.63, 3.8) is 0 Å². The van der Waals surface area contributed by atoms with Crippen molar-refractivity contribution >= 4 is 16.6 Å². The fourth-order valence-electron chi connectivity index (χ4n) is 3.14. The minimum Gasteiger partial charge on any atom is -0.297 e. The Bertz CT molecular complexity index is 868. The van der Waals surface area contributed by atoms with Gasteiger partial charge in [-0.25, -0.2) is 9.36 Å². The summed E-state index contributed by atoms with van der Waals surface area (Å²) in [6.45, 7) is 6.02. The monoisotopic (exact) mass is 300 g/mol. The van der Waals surface area contributed by atoms with Crippen LogP contribution in [0.1, 0.15) is 39.7 Å². The van der Waals surface area contributed by atoms with E-state index in [-0.39, 0.29) is 16.9 Å². The molecule has 0 amide bonds. The third-order valence-electron chi connectivity index (χ3n) is 4.28. The molecule has 0 radical (unpaired) electrons. The number of Topliss-reactive ketones (excluding diaryl/α,β-unsaturated/α-hetero) is 1. The van der Waals surface area contributed by atoms with Crippen molar-refractivity contribution in [2.75, 3.05) is 0 Å². The van der Waals surface area contributed by atoms with Gasteiger partial charge in [0.05, 0.1) is 10.8 Å². The standard InChI is InChI=1S/C17H20N2O3/c1-17(2,3)14(20)13-9-6-10-18-15(21)11-7-4-5-8-12(11)16(22)19(13)18/h4-5,7-8,13H,6,9-10H2,1-3H3. The molecule has 5 heteroatoms. The maximum absolute atomic E-state index is 12.8. The van der Waals surface area contributed by atoms with E-state index >= 15 is 0 Å². The van der Waals surface area contributed by atoms with E-state index in [0.29, 0.717) is 23.7 Å². The molecule has 1 unspecified atom stereocenters. The molecule has 1 aromatic carbocycles. The van der Waals surface area contributed by atoms with E-state index in [1.807, 2.05) is 20.8 Å². The molecule has 3 rings (SSSR count). The zero-order valence-electron chi connectivity index (χ0n) is 13.1. The Morgan fingerprint density at radius 3 is 2.27 bits per heavy atom. The van der Waals surface area contributed by atoms with E-state index in [2.05, 4.69) is 0 Å². The van der Waals surface area contributed by atoms with Gasteiger partial charge in [-0.2, -0.15) is 0 Å². The Kier molecular flexibility index (Phi) is 3.31. The number of benzene rings is 1. The first-order valence-electron chi connectivity index (χ1n) is 7.61. The molecule has 1 atom stereocenters. The molecule has 0 spiro atoms. The molecule has 0 bridgehead atoms. The third-order valence-corrected chi connectivity index (χ3v) is 4.28. The highest BCUT2D eigenvalue weighted by Crippen LogP contribution is 2.28. The Morgan fingerprint density at radius 1 is 1.09 bits per heavy atom. The van der Waals surface area contributed by atoms with Crippen molar-refractivity contribution in [3.05, 3.63) is 45.0 Å². The highest BCUT2D eigenvalue weighted by atomic mass is 16.2. The molecule has 1 aliphatic heterocycles. The van der Waals surface area contributed by atoms with Gasteiger partial charge in [0.25, 0.3) is 11.1 Å². The molecular weight excluding hydrogens is 280 g/mol. The second kappa shape index (κ2) is 4.93. The second-order valence-corrected chi connectivity index (χ2v) is 6.90. The fraction of sp³-hybridized carbons (Fsp3) is 0.471. The number of nitrogens with zero attached hydrogens (tertiary/aromatic N) is 2. The smallest absolute Gasteiger partial charge is 0.273 e. The summed E-state index contributed by atoms with van der Waals surface area (Å²) in [5.74, 6) is -0.00210. The summed E-state index contributed by atoms with van der Waals surface area (Å²) in [6.07, 6.45) is 1.33. The lowest BCUT2D eigenvalue weighted by molar-refractivity contribution is -0.131. The van der Waals surface area contributed by atoms with Crippen LogP contribution in [0, 0.1) is 5.41 Å². The first-order valence-corrected chi connectivity index (χ1v) is 7.61. The maximum atomic E-state index is 12.8. The lowest BCUT2D eigenvalue weighted by Gasteiger charge is -2.32. The largest absolute Gasteiger partial charge is 0.297 e. The molecule has 116 valence electrons. The van der Waals surface area contributed by atoms with Crippen LogP contribution >= 0.6 is 0 Å². The third kappa shape index (κ3) is 2.12. The van der Waals surface area contributed by atoms with Crippen molar-refractivity contribution in [1.29, 1.82) is 0 Å². The van der Waals surface area contributed by atoms with Gasteiger partial charge in [0, 0.05) is 12.0 Å². The zero-order chi connectivity index (χ0) is 16.1. The number of aromatic nitrogens is 2. The van der Waals surface area contributed by atoms with Crippen molar-refractivity contribution in [3.8, 4) is 0 Å². The summed E-state index contributed by atoms with van der Waals surface area (Å²) in [5.41, 5.74) is -0.993. The number of carbonyl (C=O) groups excluding carboxylic acids is 1. The molecule has 2 heterocycles. The summed E-state index contributed by atoms with van der Waals surface area (Å²) < 4.78 is 2.84. The lowest BCUT2D eigenvalue weighted by atomic mass is 9.84. The number of hydrogen-bond donors (Lipinski definition) is 0. The number of ketones is 1. The summed E-state index contributed by atoms with van der Waals surface area (Å²) in [5, 5.41) is 0.810. The van der Waals surface area contributed by atoms with Crippen LogP contribution in [0.3, 0.4) is 0 Å². The van der Waals surface area contributed by atoms with Crippen LogP contribution in [0.15, 0.2) is 33.9 Å². The van der Waals surface area contributed by atoms with E-state index in [9.17, 15) is 14.4 Å². The van der Waals surface area contributed by atoms with Crippen LogP contribution in [-0.2, 0) is 11.3 Å². The summed E-state index contributed by atoms with van der Waals surface area (Å²) in [7, 11) is 0. The van der Waals surface area contributed by atoms with Gasteiger partial charge in [0.15, 0.2) is 5.78 Å². The maximum Gasteiger partial charge on any atom is 0.273 e. The molecule has 0 fully saturated rings. The molecule has 0 saturated carbocycles. The van der Waals surface area contributed by atoms with E-state index in [1.165, 1.54) is 9.36 Å². The first kappa shape index (κ1) is 14.8. The molecule has 5 nitrogen and oxygen atoms in total. The average molecular weight is 300 g/mol. The van der Waals surface area contributed by atoms with E-state index in [1.54, 1.807) is 24.3 Å². The van der Waals surface area contributed by atoms with Gasteiger partial charge in [-0.1, -0.05) is 32.9 Å². The predicted octanol–water partition coefficient (Wildman–Crippen LogP) is 2.11. The van der Waals surface area contributed by atoms with Crippen LogP contribution in [0.25, 0.3) is 10.8 Å². The minimum absolute atomic E-state index is 0.00210. The molecule has 0 N–H and O–H groups in total. The lowest BCUT2D eigenvalue weighted by Crippen LogP contribution is -2.47. The van der Waals surface area contributed by atoms with E-state index < -0.39 is 11.5 Å². The number of carbonyl (C=O) groups is 1. The summed E-state index contributed by atoms with van der Waals surface area (Å²) in [6, 6.07) is 6.26. The SMILES string of the molecule is CC(C)(C)C(=O)C1CCCn2c(=O)c3ccccc3c(=O)n21. The van der Waals surface area contributed by atoms with Gasteiger partial charge in [0.1, 0.15) is 6.04 Å². The first-order chi connectivity index (χ1) is 10.3. The van der Waals surface area contributed by atoms with Crippen LogP contribution < -0.4 is 11.1 Å². The number of hydrogen-bond acceptors (Lipinski definition) is 3. The Labute approximate surface area is 128 Å². The molecule has 1 aliphatic rings. The molecule has 1 aromatic heterocycles. The van der Waals surface area contributed by atoms with Crippen LogP contribution in [0.5, 0.6) is 0 Å². The van der Waals surface area contributed by atoms with Crippen LogP contribution in [0.4, 0.5) is 0 Å². The van der Waals surface area contributed by atoms with Crippen LogP contribution in [0.2, 0.25) is 0 Å². The molecule has 0 aliphatic carbocycles. The fourth-order valence-corrected chi connectivity index (χ4v) is 3.14. The minimum atomic E-state index is -0.557. The predicted molar refractivity (Wildman–Crippen MR) is 85.2 cm³/mol. The van der Waals surface area contributed by atoms with Gasteiger partial charge in [0.2, 0.25) is 0 Å². The van der Waals surface area contributed by atoms with Crippen molar-refractivity contribution < 1.29 is 4.79 Å². The molecule has 22 heavy (non-hydrogen) atoms. The van der Waals surface area contributed by atoms with Crippen molar-refractivity contribution in [1.82, 2.24) is 9.36 Å². The van der Waals surface area contributed by atoms with Gasteiger partial charge in [-0.3, -0.25) is 14.4 Å². The highest BCUT2D eigenvalue weighted by Gasteiger charge is 2.35. The number of fused-ring (bicyclic) bond motifs is 2. The Balaban J connectivity index is 2.34. The quantitative estimate of drug-likeness (QED) is 0.810. The van der Waals surface area contributed by atoms with Gasteiger partial charge in [-0.15, -0.1) is 0 Å². The van der Waals surface area contributed by atoms with E-state index in [0.717, 1.165) is 6.42 Å². The van der Waals surface area contributed by atoms with Gasteiger partial charge in [-0.05, 0) is 25.0 Å². The van der Waals surface area contributed by atoms with Crippen molar-refractivity contribution in [2.24, 2.45) is 5.41 Å². The van der Waals surface area contributed by atoms with Gasteiger partial charge < -0.3 is 0 Å². The average Bonchev–Trinajstić information content (AvgIpc) is 2.50. The topological polar surface area (TPSA) is 61.1 Å². The second-order valence-electron chi connectivity index (χ2n) is 6.90. The number of rotatable bonds is 1. The van der Waals surface area contributed by atoms with E-state index in [4.69, 9.17) is 0 Å². The summed E-state index contributed by atoms with van der Waals surface area (Å²) >= 11 is 0. The van der Waals surface area contributed by atoms with Crippen molar-refractivity contribution in [2.45, 2.75) is 46.2 Å². The molecule has 0 saturated heterocycles. The molecule has 2 aromatic rings. The molecular formula is C17H20N2O3. The highest BCUT2D eigenvalue weighted by molar-refractivity contribution is 5.88. The summed E-state index contributed by atoms with van der Waals surface area (Å²) in [4.78, 5) is 38.2.